The molecule has 1 saturated heterocycles. The van der Waals surface area contributed by atoms with Gasteiger partial charge >= 0.3 is 0 Å². The van der Waals surface area contributed by atoms with Crippen molar-refractivity contribution >= 4 is 17.6 Å². The van der Waals surface area contributed by atoms with Gasteiger partial charge in [-0.25, -0.2) is 0 Å². The Morgan fingerprint density at radius 2 is 2.15 bits per heavy atom. The summed E-state index contributed by atoms with van der Waals surface area (Å²) < 4.78 is 5.00. The molecule has 0 radical (unpaired) electrons. The van der Waals surface area contributed by atoms with Crippen molar-refractivity contribution in [2.45, 2.75) is 26.7 Å². The van der Waals surface area contributed by atoms with Crippen LogP contribution in [0.4, 0.5) is 17.6 Å². The standard InChI is InChI=1S/C13H18N6O/c1-9-3-5-19(6-4-9)12-8-14-17-13(16-12)15-11-7-10(2)20-18-11/h7-9H,3-6H2,1-2H3,(H,15,16,17,18). The number of anilines is 3. The Bertz CT molecular complexity index is 576. The van der Waals surface area contributed by atoms with Gasteiger partial charge in [0.25, 0.3) is 0 Å². The third-order valence-corrected chi connectivity index (χ3v) is 3.52. The maximum absolute atomic E-state index is 5.00. The molecule has 7 nitrogen and oxygen atoms in total. The van der Waals surface area contributed by atoms with Crippen LogP contribution in [0.3, 0.4) is 0 Å². The van der Waals surface area contributed by atoms with Gasteiger partial charge < -0.3 is 14.7 Å². The topological polar surface area (TPSA) is 80.0 Å². The van der Waals surface area contributed by atoms with Gasteiger partial charge in [0.15, 0.2) is 11.6 Å². The van der Waals surface area contributed by atoms with E-state index in [2.05, 4.69) is 37.5 Å². The predicted octanol–water partition coefficient (Wildman–Crippen LogP) is 2.15. The molecule has 0 aromatic carbocycles. The number of hydrogen-bond donors (Lipinski definition) is 1. The van der Waals surface area contributed by atoms with E-state index in [1.165, 1.54) is 12.8 Å². The van der Waals surface area contributed by atoms with E-state index in [1.54, 1.807) is 12.3 Å². The summed E-state index contributed by atoms with van der Waals surface area (Å²) in [5, 5.41) is 14.8. The predicted molar refractivity (Wildman–Crippen MR) is 75.0 cm³/mol. The highest BCUT2D eigenvalue weighted by Crippen LogP contribution is 2.21. The summed E-state index contributed by atoms with van der Waals surface area (Å²) in [5.74, 6) is 3.41. The molecule has 1 fully saturated rings. The molecule has 2 aromatic rings. The molecule has 20 heavy (non-hydrogen) atoms. The second-order valence-corrected chi connectivity index (χ2v) is 5.26. The van der Waals surface area contributed by atoms with Crippen LogP contribution in [0.2, 0.25) is 0 Å². The smallest absolute Gasteiger partial charge is 0.250 e. The highest BCUT2D eigenvalue weighted by atomic mass is 16.5. The number of piperidine rings is 1. The third-order valence-electron chi connectivity index (χ3n) is 3.52. The molecular formula is C13H18N6O. The minimum absolute atomic E-state index is 0.439. The van der Waals surface area contributed by atoms with Crippen molar-refractivity contribution in [2.24, 2.45) is 5.92 Å². The molecule has 1 aliphatic heterocycles. The van der Waals surface area contributed by atoms with E-state index < -0.39 is 0 Å². The van der Waals surface area contributed by atoms with E-state index >= 15 is 0 Å². The molecule has 7 heteroatoms. The fourth-order valence-corrected chi connectivity index (χ4v) is 2.28. The van der Waals surface area contributed by atoms with Crippen molar-refractivity contribution in [2.75, 3.05) is 23.3 Å². The second-order valence-electron chi connectivity index (χ2n) is 5.26. The van der Waals surface area contributed by atoms with E-state index in [0.29, 0.717) is 11.8 Å². The molecule has 0 bridgehead atoms. The maximum Gasteiger partial charge on any atom is 0.250 e. The Morgan fingerprint density at radius 3 is 2.85 bits per heavy atom. The maximum atomic E-state index is 5.00. The van der Waals surface area contributed by atoms with Gasteiger partial charge in [-0.05, 0) is 25.7 Å². The summed E-state index contributed by atoms with van der Waals surface area (Å²) in [4.78, 5) is 6.73. The minimum atomic E-state index is 0.439. The van der Waals surface area contributed by atoms with E-state index in [9.17, 15) is 0 Å². The summed E-state index contributed by atoms with van der Waals surface area (Å²) in [6.45, 7) is 6.16. The summed E-state index contributed by atoms with van der Waals surface area (Å²) >= 11 is 0. The van der Waals surface area contributed by atoms with Gasteiger partial charge in [-0.2, -0.15) is 10.1 Å². The Balaban J connectivity index is 1.72. The number of nitrogens with zero attached hydrogens (tertiary/aromatic N) is 5. The molecule has 0 aliphatic carbocycles. The zero-order valence-corrected chi connectivity index (χ0v) is 11.7. The minimum Gasteiger partial charge on any atom is -0.360 e. The van der Waals surface area contributed by atoms with Crippen LogP contribution in [0.15, 0.2) is 16.8 Å². The van der Waals surface area contributed by atoms with Gasteiger partial charge in [0.1, 0.15) is 5.76 Å². The van der Waals surface area contributed by atoms with Gasteiger partial charge in [-0.15, -0.1) is 5.10 Å². The molecule has 1 N–H and O–H groups in total. The highest BCUT2D eigenvalue weighted by molar-refractivity contribution is 5.49. The van der Waals surface area contributed by atoms with Crippen molar-refractivity contribution in [3.05, 3.63) is 18.0 Å². The molecule has 0 atom stereocenters. The highest BCUT2D eigenvalue weighted by Gasteiger charge is 2.17. The van der Waals surface area contributed by atoms with Crippen LogP contribution in [-0.2, 0) is 0 Å². The Morgan fingerprint density at radius 1 is 1.35 bits per heavy atom. The molecular weight excluding hydrogens is 256 g/mol. The van der Waals surface area contributed by atoms with Gasteiger partial charge in [-0.1, -0.05) is 12.1 Å². The van der Waals surface area contributed by atoms with Crippen LogP contribution in [0, 0.1) is 12.8 Å². The van der Waals surface area contributed by atoms with Crippen molar-refractivity contribution in [3.8, 4) is 0 Å². The number of aromatic nitrogens is 4. The van der Waals surface area contributed by atoms with Crippen LogP contribution in [0.5, 0.6) is 0 Å². The average Bonchev–Trinajstić information content (AvgIpc) is 2.85. The Labute approximate surface area is 117 Å². The molecule has 106 valence electrons. The van der Waals surface area contributed by atoms with Gasteiger partial charge in [0.05, 0.1) is 6.20 Å². The fraction of sp³-hybridized carbons (Fsp3) is 0.538. The molecule has 0 saturated carbocycles. The lowest BCUT2D eigenvalue weighted by Crippen LogP contribution is -2.33. The molecule has 3 rings (SSSR count). The zero-order valence-electron chi connectivity index (χ0n) is 11.7. The lowest BCUT2D eigenvalue weighted by molar-refractivity contribution is 0.400. The van der Waals surface area contributed by atoms with Crippen molar-refractivity contribution in [1.82, 2.24) is 20.3 Å². The number of hydrogen-bond acceptors (Lipinski definition) is 7. The molecule has 0 spiro atoms. The number of nitrogens with one attached hydrogen (secondary N) is 1. The van der Waals surface area contributed by atoms with Crippen LogP contribution in [0.25, 0.3) is 0 Å². The van der Waals surface area contributed by atoms with Crippen molar-refractivity contribution in [3.63, 3.8) is 0 Å². The molecule has 0 unspecified atom stereocenters. The number of aryl methyl sites for hydroxylation is 1. The molecule has 1 aliphatic rings. The lowest BCUT2D eigenvalue weighted by Gasteiger charge is -2.30. The van der Waals surface area contributed by atoms with Crippen LogP contribution < -0.4 is 10.2 Å². The Hall–Kier alpha value is -2.18. The fourth-order valence-electron chi connectivity index (χ4n) is 2.28. The molecule has 2 aromatic heterocycles. The second kappa shape index (κ2) is 5.44. The van der Waals surface area contributed by atoms with E-state index in [4.69, 9.17) is 4.52 Å². The number of rotatable bonds is 3. The van der Waals surface area contributed by atoms with E-state index in [1.807, 2.05) is 6.92 Å². The largest absolute Gasteiger partial charge is 0.360 e. The van der Waals surface area contributed by atoms with E-state index in [0.717, 1.165) is 30.6 Å². The first-order valence-corrected chi connectivity index (χ1v) is 6.86. The van der Waals surface area contributed by atoms with Gasteiger partial charge in [-0.3, -0.25) is 0 Å². The van der Waals surface area contributed by atoms with Gasteiger partial charge in [0.2, 0.25) is 5.95 Å². The summed E-state index contributed by atoms with van der Waals surface area (Å²) in [7, 11) is 0. The first-order chi connectivity index (χ1) is 9.70. The monoisotopic (exact) mass is 274 g/mol. The summed E-state index contributed by atoms with van der Waals surface area (Å²) in [5.41, 5.74) is 0. The first-order valence-electron chi connectivity index (χ1n) is 6.86. The van der Waals surface area contributed by atoms with Crippen molar-refractivity contribution < 1.29 is 4.52 Å². The SMILES string of the molecule is Cc1cc(Nc2nncc(N3CCC(C)CC3)n2)no1. The lowest BCUT2D eigenvalue weighted by atomic mass is 9.99. The van der Waals surface area contributed by atoms with Crippen LogP contribution in [-0.4, -0.2) is 33.4 Å². The molecule has 3 heterocycles. The normalized spacial score (nSPS) is 16.4. The zero-order chi connectivity index (χ0) is 13.9. The average molecular weight is 274 g/mol. The van der Waals surface area contributed by atoms with Crippen LogP contribution >= 0.6 is 0 Å². The summed E-state index contributed by atoms with van der Waals surface area (Å²) in [6, 6.07) is 1.79. The van der Waals surface area contributed by atoms with Crippen molar-refractivity contribution in [1.29, 1.82) is 0 Å². The third kappa shape index (κ3) is 2.87. The first kappa shape index (κ1) is 12.8. The van der Waals surface area contributed by atoms with Gasteiger partial charge in [0, 0.05) is 19.2 Å². The quantitative estimate of drug-likeness (QED) is 0.918. The molecule has 0 amide bonds. The Kier molecular flexibility index (Phi) is 3.49. The van der Waals surface area contributed by atoms with E-state index in [-0.39, 0.29) is 0 Å². The van der Waals surface area contributed by atoms with Crippen LogP contribution in [0.1, 0.15) is 25.5 Å². The summed E-state index contributed by atoms with van der Waals surface area (Å²) in [6.07, 6.45) is 4.08.